The second-order valence-corrected chi connectivity index (χ2v) is 5.46. The molecule has 3 nitrogen and oxygen atoms in total. The number of hydrogen-bond acceptors (Lipinski definition) is 2. The van der Waals surface area contributed by atoms with Crippen molar-refractivity contribution in [1.29, 1.82) is 0 Å². The van der Waals surface area contributed by atoms with Gasteiger partial charge in [-0.05, 0) is 37.5 Å². The Labute approximate surface area is 115 Å². The Kier molecular flexibility index (Phi) is 5.40. The first-order valence-electron chi connectivity index (χ1n) is 7.34. The zero-order valence-electron chi connectivity index (χ0n) is 11.7. The van der Waals surface area contributed by atoms with Crippen molar-refractivity contribution in [1.82, 2.24) is 5.32 Å². The van der Waals surface area contributed by atoms with Crippen molar-refractivity contribution in [2.75, 3.05) is 11.9 Å². The highest BCUT2D eigenvalue weighted by atomic mass is 16.1. The van der Waals surface area contributed by atoms with E-state index in [1.807, 2.05) is 31.2 Å². The van der Waals surface area contributed by atoms with Crippen LogP contribution < -0.4 is 10.6 Å². The van der Waals surface area contributed by atoms with Gasteiger partial charge in [0, 0.05) is 24.7 Å². The maximum absolute atomic E-state index is 11.8. The van der Waals surface area contributed by atoms with Crippen molar-refractivity contribution in [3.63, 3.8) is 0 Å². The summed E-state index contributed by atoms with van der Waals surface area (Å²) in [6, 6.07) is 8.54. The Balaban J connectivity index is 1.67. The lowest BCUT2D eigenvalue weighted by Gasteiger charge is -2.22. The average Bonchev–Trinajstić information content (AvgIpc) is 2.40. The summed E-state index contributed by atoms with van der Waals surface area (Å²) in [4.78, 5) is 11.8. The zero-order chi connectivity index (χ0) is 13.5. The fourth-order valence-electron chi connectivity index (χ4n) is 2.64. The van der Waals surface area contributed by atoms with E-state index in [0.717, 1.165) is 17.8 Å². The van der Waals surface area contributed by atoms with Crippen molar-refractivity contribution >= 4 is 11.6 Å². The lowest BCUT2D eigenvalue weighted by atomic mass is 9.95. The number of rotatable bonds is 5. The standard InChI is InChI=1S/C16H24N2O/c1-13-6-5-9-15(12-13)18-16(19)10-11-17-14-7-3-2-4-8-14/h5-6,9,12,14,17H,2-4,7-8,10-11H2,1H3,(H,18,19). The van der Waals surface area contributed by atoms with Gasteiger partial charge in [0.15, 0.2) is 0 Å². The number of aryl methyl sites for hydroxylation is 1. The molecule has 104 valence electrons. The highest BCUT2D eigenvalue weighted by Crippen LogP contribution is 2.17. The molecule has 1 aliphatic rings. The summed E-state index contributed by atoms with van der Waals surface area (Å²) in [6.45, 7) is 2.81. The second-order valence-electron chi connectivity index (χ2n) is 5.46. The summed E-state index contributed by atoms with van der Waals surface area (Å²) < 4.78 is 0. The number of nitrogens with one attached hydrogen (secondary N) is 2. The number of hydrogen-bond donors (Lipinski definition) is 2. The van der Waals surface area contributed by atoms with E-state index < -0.39 is 0 Å². The highest BCUT2D eigenvalue weighted by molar-refractivity contribution is 5.90. The van der Waals surface area contributed by atoms with E-state index in [4.69, 9.17) is 0 Å². The van der Waals surface area contributed by atoms with E-state index in [0.29, 0.717) is 12.5 Å². The lowest BCUT2D eigenvalue weighted by molar-refractivity contribution is -0.116. The Bertz CT molecular complexity index is 411. The Morgan fingerprint density at radius 2 is 2.05 bits per heavy atom. The fraction of sp³-hybridized carbons (Fsp3) is 0.562. The minimum atomic E-state index is 0.0916. The molecule has 2 rings (SSSR count). The zero-order valence-corrected chi connectivity index (χ0v) is 11.7. The number of carbonyl (C=O) groups is 1. The average molecular weight is 260 g/mol. The van der Waals surface area contributed by atoms with Crippen LogP contribution in [0.5, 0.6) is 0 Å². The van der Waals surface area contributed by atoms with Crippen LogP contribution in [0.15, 0.2) is 24.3 Å². The summed E-state index contributed by atoms with van der Waals surface area (Å²) >= 11 is 0. The van der Waals surface area contributed by atoms with Crippen LogP contribution in [0.1, 0.15) is 44.1 Å². The maximum atomic E-state index is 11.8. The Morgan fingerprint density at radius 1 is 1.26 bits per heavy atom. The summed E-state index contributed by atoms with van der Waals surface area (Å²) in [7, 11) is 0. The van der Waals surface area contributed by atoms with Crippen LogP contribution in [0.25, 0.3) is 0 Å². The first-order chi connectivity index (χ1) is 9.24. The molecule has 1 aliphatic carbocycles. The van der Waals surface area contributed by atoms with Crippen LogP contribution in [0, 0.1) is 6.92 Å². The van der Waals surface area contributed by atoms with Crippen molar-refractivity contribution in [3.05, 3.63) is 29.8 Å². The maximum Gasteiger partial charge on any atom is 0.225 e. The van der Waals surface area contributed by atoms with Crippen LogP contribution in [0.2, 0.25) is 0 Å². The van der Waals surface area contributed by atoms with Crippen molar-refractivity contribution in [3.8, 4) is 0 Å². The number of anilines is 1. The molecule has 1 fully saturated rings. The quantitative estimate of drug-likeness (QED) is 0.853. The van der Waals surface area contributed by atoms with Crippen LogP contribution in [-0.2, 0) is 4.79 Å². The van der Waals surface area contributed by atoms with Crippen LogP contribution in [-0.4, -0.2) is 18.5 Å². The Morgan fingerprint density at radius 3 is 2.79 bits per heavy atom. The first kappa shape index (κ1) is 14.1. The van der Waals surface area contributed by atoms with Gasteiger partial charge in [-0.25, -0.2) is 0 Å². The lowest BCUT2D eigenvalue weighted by Crippen LogP contribution is -2.33. The third-order valence-corrected chi connectivity index (χ3v) is 3.69. The van der Waals surface area contributed by atoms with Gasteiger partial charge in [0.05, 0.1) is 0 Å². The SMILES string of the molecule is Cc1cccc(NC(=O)CCNC2CCCCC2)c1. The van der Waals surface area contributed by atoms with E-state index in [-0.39, 0.29) is 5.91 Å². The van der Waals surface area contributed by atoms with Crippen LogP contribution in [0.3, 0.4) is 0 Å². The van der Waals surface area contributed by atoms with Gasteiger partial charge in [0.2, 0.25) is 5.91 Å². The molecule has 19 heavy (non-hydrogen) atoms. The van der Waals surface area contributed by atoms with Gasteiger partial charge < -0.3 is 10.6 Å². The number of benzene rings is 1. The van der Waals surface area contributed by atoms with E-state index in [1.54, 1.807) is 0 Å². The molecule has 0 heterocycles. The van der Waals surface area contributed by atoms with Crippen molar-refractivity contribution < 1.29 is 4.79 Å². The molecular weight excluding hydrogens is 236 g/mol. The first-order valence-corrected chi connectivity index (χ1v) is 7.34. The topological polar surface area (TPSA) is 41.1 Å². The van der Waals surface area contributed by atoms with Gasteiger partial charge in [-0.15, -0.1) is 0 Å². The molecule has 1 saturated carbocycles. The third-order valence-electron chi connectivity index (χ3n) is 3.69. The molecule has 0 bridgehead atoms. The molecule has 0 spiro atoms. The molecule has 1 aromatic carbocycles. The summed E-state index contributed by atoms with van der Waals surface area (Å²) in [5.74, 6) is 0.0916. The van der Waals surface area contributed by atoms with Crippen molar-refractivity contribution in [2.45, 2.75) is 51.5 Å². The Hall–Kier alpha value is -1.35. The van der Waals surface area contributed by atoms with Crippen LogP contribution in [0.4, 0.5) is 5.69 Å². The molecule has 0 saturated heterocycles. The number of carbonyl (C=O) groups excluding carboxylic acids is 1. The predicted molar refractivity (Wildman–Crippen MR) is 79.3 cm³/mol. The molecule has 3 heteroatoms. The summed E-state index contributed by atoms with van der Waals surface area (Å²) in [5.41, 5.74) is 2.06. The van der Waals surface area contributed by atoms with Gasteiger partial charge in [-0.2, -0.15) is 0 Å². The monoisotopic (exact) mass is 260 g/mol. The van der Waals surface area contributed by atoms with E-state index in [2.05, 4.69) is 10.6 Å². The number of amides is 1. The molecule has 0 aromatic heterocycles. The smallest absolute Gasteiger partial charge is 0.225 e. The van der Waals surface area contributed by atoms with Gasteiger partial charge in [0.25, 0.3) is 0 Å². The fourth-order valence-corrected chi connectivity index (χ4v) is 2.64. The van der Waals surface area contributed by atoms with E-state index in [1.165, 1.54) is 32.1 Å². The van der Waals surface area contributed by atoms with E-state index in [9.17, 15) is 4.79 Å². The highest BCUT2D eigenvalue weighted by Gasteiger charge is 2.12. The van der Waals surface area contributed by atoms with Gasteiger partial charge >= 0.3 is 0 Å². The minimum Gasteiger partial charge on any atom is -0.326 e. The molecule has 0 unspecified atom stereocenters. The summed E-state index contributed by atoms with van der Waals surface area (Å²) in [5, 5.41) is 6.43. The van der Waals surface area contributed by atoms with Crippen LogP contribution >= 0.6 is 0 Å². The van der Waals surface area contributed by atoms with Gasteiger partial charge in [-0.3, -0.25) is 4.79 Å². The second kappa shape index (κ2) is 7.29. The van der Waals surface area contributed by atoms with Gasteiger partial charge in [-0.1, -0.05) is 31.4 Å². The minimum absolute atomic E-state index is 0.0916. The molecular formula is C16H24N2O. The van der Waals surface area contributed by atoms with Crippen molar-refractivity contribution in [2.24, 2.45) is 0 Å². The predicted octanol–water partition coefficient (Wildman–Crippen LogP) is 3.25. The normalized spacial score (nSPS) is 16.3. The molecule has 0 aliphatic heterocycles. The molecule has 0 radical (unpaired) electrons. The summed E-state index contributed by atoms with van der Waals surface area (Å²) in [6.07, 6.45) is 7.09. The molecule has 1 aromatic rings. The van der Waals surface area contributed by atoms with E-state index >= 15 is 0 Å². The molecule has 2 N–H and O–H groups in total. The molecule has 1 amide bonds. The largest absolute Gasteiger partial charge is 0.326 e. The third kappa shape index (κ3) is 5.03. The van der Waals surface area contributed by atoms with Gasteiger partial charge in [0.1, 0.15) is 0 Å². The molecule has 0 atom stereocenters.